The van der Waals surface area contributed by atoms with E-state index in [9.17, 15) is 0 Å². The minimum Gasteiger partial charge on any atom is -0.536 e. The highest BCUT2D eigenvalue weighted by Crippen LogP contribution is 2.48. The van der Waals surface area contributed by atoms with Crippen molar-refractivity contribution in [1.29, 1.82) is 0 Å². The molecular weight excluding hydrogens is 415 g/mol. The Morgan fingerprint density at radius 3 is 2.00 bits per heavy atom. The van der Waals surface area contributed by atoms with E-state index in [1.54, 1.807) is 0 Å². The number of hydrogen-bond donors (Lipinski definition) is 0. The van der Waals surface area contributed by atoms with Gasteiger partial charge in [0.2, 0.25) is 0 Å². The van der Waals surface area contributed by atoms with Crippen molar-refractivity contribution in [2.24, 2.45) is 0 Å². The SMILES string of the molecule is c1ccc2c(c1)B1Oc3ccc(-n4c5ccccc5c5ccccc54)cc3N1c1ccccc1-2. The van der Waals surface area contributed by atoms with Gasteiger partial charge in [-0.1, -0.05) is 78.9 Å². The van der Waals surface area contributed by atoms with Gasteiger partial charge in [0, 0.05) is 27.7 Å². The number of aromatic nitrogens is 1. The standard InChI is InChI=1S/C30H19BN2O/c1-5-13-25-21(9-1)22-10-4-8-16-28(22)33-29-19-20(17-18-30(29)34-31(25)33)32-26-14-6-2-11-23(26)24-12-3-7-15-27(24)32/h1-19H. The normalized spacial score (nSPS) is 13.4. The lowest BCUT2D eigenvalue weighted by atomic mass is 9.65. The van der Waals surface area contributed by atoms with Crippen LogP contribution in [-0.2, 0) is 0 Å². The second-order valence-corrected chi connectivity index (χ2v) is 8.97. The number of anilines is 2. The summed E-state index contributed by atoms with van der Waals surface area (Å²) in [5.41, 5.74) is 9.54. The molecule has 0 atom stereocenters. The van der Waals surface area contributed by atoms with Gasteiger partial charge in [-0.3, -0.25) is 0 Å². The Morgan fingerprint density at radius 2 is 1.21 bits per heavy atom. The molecule has 0 aliphatic carbocycles. The highest BCUT2D eigenvalue weighted by molar-refractivity contribution is 6.77. The Morgan fingerprint density at radius 1 is 0.559 bits per heavy atom. The van der Waals surface area contributed by atoms with E-state index in [2.05, 4.69) is 125 Å². The summed E-state index contributed by atoms with van der Waals surface area (Å²) in [4.78, 5) is 2.35. The van der Waals surface area contributed by atoms with Gasteiger partial charge in [0.1, 0.15) is 5.75 Å². The molecule has 2 aliphatic heterocycles. The van der Waals surface area contributed by atoms with Crippen LogP contribution in [0.3, 0.4) is 0 Å². The Kier molecular flexibility index (Phi) is 3.48. The number of para-hydroxylation sites is 3. The van der Waals surface area contributed by atoms with Crippen molar-refractivity contribution in [2.75, 3.05) is 4.81 Å². The summed E-state index contributed by atoms with van der Waals surface area (Å²) < 4.78 is 8.92. The number of fused-ring (bicyclic) bond motifs is 11. The Bertz CT molecular complexity index is 1720. The molecule has 0 radical (unpaired) electrons. The zero-order chi connectivity index (χ0) is 22.2. The maximum absolute atomic E-state index is 6.56. The quantitative estimate of drug-likeness (QED) is 0.268. The van der Waals surface area contributed by atoms with E-state index in [4.69, 9.17) is 4.65 Å². The van der Waals surface area contributed by atoms with Gasteiger partial charge in [-0.25, -0.2) is 0 Å². The zero-order valence-electron chi connectivity index (χ0n) is 18.3. The number of rotatable bonds is 1. The first-order chi connectivity index (χ1) is 16.9. The summed E-state index contributed by atoms with van der Waals surface area (Å²) in [6.07, 6.45) is 0. The molecular formula is C30H19BN2O. The molecule has 0 saturated heterocycles. The smallest absolute Gasteiger partial charge is 0.524 e. The van der Waals surface area contributed by atoms with Crippen molar-refractivity contribution in [1.82, 2.24) is 4.57 Å². The summed E-state index contributed by atoms with van der Waals surface area (Å²) in [5.74, 6) is 0.918. The molecule has 34 heavy (non-hydrogen) atoms. The van der Waals surface area contributed by atoms with Crippen LogP contribution in [-0.4, -0.2) is 11.6 Å². The van der Waals surface area contributed by atoms with Crippen LogP contribution in [0.25, 0.3) is 38.6 Å². The molecule has 4 heteroatoms. The third-order valence-corrected chi connectivity index (χ3v) is 7.19. The van der Waals surface area contributed by atoms with Crippen LogP contribution in [0.15, 0.2) is 115 Å². The first kappa shape index (κ1) is 18.0. The van der Waals surface area contributed by atoms with Gasteiger partial charge in [-0.2, -0.15) is 0 Å². The minimum atomic E-state index is -0.158. The van der Waals surface area contributed by atoms with Gasteiger partial charge in [-0.05, 0) is 47.4 Å². The van der Waals surface area contributed by atoms with Crippen LogP contribution in [0.2, 0.25) is 0 Å². The van der Waals surface area contributed by atoms with Crippen molar-refractivity contribution in [3.8, 4) is 22.6 Å². The molecule has 0 bridgehead atoms. The van der Waals surface area contributed by atoms with E-state index in [0.717, 1.165) is 17.1 Å². The maximum atomic E-state index is 6.56. The average Bonchev–Trinajstić information content (AvgIpc) is 3.45. The second-order valence-electron chi connectivity index (χ2n) is 8.97. The van der Waals surface area contributed by atoms with E-state index in [0.29, 0.717) is 0 Å². The number of benzene rings is 5. The van der Waals surface area contributed by atoms with Gasteiger partial charge in [0.15, 0.2) is 0 Å². The summed E-state index contributed by atoms with van der Waals surface area (Å²) in [6, 6.07) is 41.1. The van der Waals surface area contributed by atoms with Gasteiger partial charge in [-0.15, -0.1) is 0 Å². The fraction of sp³-hybridized carbons (Fsp3) is 0. The van der Waals surface area contributed by atoms with Crippen LogP contribution in [0.1, 0.15) is 0 Å². The van der Waals surface area contributed by atoms with Crippen LogP contribution >= 0.6 is 0 Å². The second kappa shape index (κ2) is 6.55. The Hall–Kier alpha value is -4.44. The van der Waals surface area contributed by atoms with Crippen molar-refractivity contribution < 1.29 is 4.65 Å². The van der Waals surface area contributed by atoms with Gasteiger partial charge < -0.3 is 14.0 Å². The Balaban J connectivity index is 1.38. The molecule has 5 aromatic carbocycles. The van der Waals surface area contributed by atoms with Crippen molar-refractivity contribution >= 4 is 45.7 Å². The number of hydrogen-bond acceptors (Lipinski definition) is 2. The lowest BCUT2D eigenvalue weighted by molar-refractivity contribution is 0.603. The predicted molar refractivity (Wildman–Crippen MR) is 141 cm³/mol. The van der Waals surface area contributed by atoms with E-state index < -0.39 is 0 Å². The fourth-order valence-corrected chi connectivity index (χ4v) is 5.76. The summed E-state index contributed by atoms with van der Waals surface area (Å²) in [6.45, 7) is 0. The summed E-state index contributed by atoms with van der Waals surface area (Å²) in [5, 5.41) is 2.54. The number of nitrogens with zero attached hydrogens (tertiary/aromatic N) is 2. The largest absolute Gasteiger partial charge is 0.536 e. The molecule has 0 fully saturated rings. The summed E-state index contributed by atoms with van der Waals surface area (Å²) in [7, 11) is -0.158. The first-order valence-electron chi connectivity index (χ1n) is 11.7. The molecule has 1 aromatic heterocycles. The molecule has 6 aromatic rings. The van der Waals surface area contributed by atoms with E-state index in [1.807, 2.05) is 0 Å². The van der Waals surface area contributed by atoms with Crippen LogP contribution in [0, 0.1) is 0 Å². The third-order valence-electron chi connectivity index (χ3n) is 7.19. The third kappa shape index (κ3) is 2.27. The van der Waals surface area contributed by atoms with E-state index in [-0.39, 0.29) is 7.05 Å². The highest BCUT2D eigenvalue weighted by atomic mass is 16.5. The molecule has 0 unspecified atom stereocenters. The van der Waals surface area contributed by atoms with E-state index in [1.165, 1.54) is 44.1 Å². The molecule has 0 amide bonds. The molecule has 8 rings (SSSR count). The van der Waals surface area contributed by atoms with Crippen LogP contribution in [0.4, 0.5) is 11.4 Å². The molecule has 0 N–H and O–H groups in total. The molecule has 0 spiro atoms. The van der Waals surface area contributed by atoms with Gasteiger partial charge in [0.25, 0.3) is 0 Å². The van der Waals surface area contributed by atoms with Crippen molar-refractivity contribution in [2.45, 2.75) is 0 Å². The van der Waals surface area contributed by atoms with Crippen LogP contribution < -0.4 is 14.9 Å². The van der Waals surface area contributed by atoms with Gasteiger partial charge in [0.05, 0.1) is 16.7 Å². The molecule has 3 heterocycles. The van der Waals surface area contributed by atoms with Gasteiger partial charge >= 0.3 is 7.05 Å². The molecule has 2 aliphatic rings. The molecule has 0 saturated carbocycles. The predicted octanol–water partition coefficient (Wildman–Crippen LogP) is 6.69. The maximum Gasteiger partial charge on any atom is 0.524 e. The highest BCUT2D eigenvalue weighted by Gasteiger charge is 2.44. The average molecular weight is 434 g/mol. The Labute approximate surface area is 197 Å². The fourth-order valence-electron chi connectivity index (χ4n) is 5.76. The topological polar surface area (TPSA) is 17.4 Å². The zero-order valence-corrected chi connectivity index (χ0v) is 18.3. The van der Waals surface area contributed by atoms with Crippen molar-refractivity contribution in [3.05, 3.63) is 115 Å². The molecule has 3 nitrogen and oxygen atoms in total. The van der Waals surface area contributed by atoms with Crippen molar-refractivity contribution in [3.63, 3.8) is 0 Å². The summed E-state index contributed by atoms with van der Waals surface area (Å²) >= 11 is 0. The monoisotopic (exact) mass is 434 g/mol. The van der Waals surface area contributed by atoms with E-state index >= 15 is 0 Å². The molecule has 158 valence electrons. The minimum absolute atomic E-state index is 0.158. The first-order valence-corrected chi connectivity index (χ1v) is 11.7. The van der Waals surface area contributed by atoms with Crippen LogP contribution in [0.5, 0.6) is 5.75 Å². The lowest BCUT2D eigenvalue weighted by Gasteiger charge is -2.31. The lowest BCUT2D eigenvalue weighted by Crippen LogP contribution is -2.50.